The first-order valence-electron chi connectivity index (χ1n) is 8.48. The highest BCUT2D eigenvalue weighted by Gasteiger charge is 2.22. The summed E-state index contributed by atoms with van der Waals surface area (Å²) in [5.74, 6) is 2.60. The van der Waals surface area contributed by atoms with Gasteiger partial charge in [0.05, 0.1) is 11.6 Å². The summed E-state index contributed by atoms with van der Waals surface area (Å²) in [7, 11) is 3.45. The van der Waals surface area contributed by atoms with Crippen LogP contribution in [0.25, 0.3) is 0 Å². The number of thiazole rings is 1. The van der Waals surface area contributed by atoms with E-state index in [1.807, 2.05) is 10.9 Å². The van der Waals surface area contributed by atoms with Crippen molar-refractivity contribution < 1.29 is 4.74 Å². The van der Waals surface area contributed by atoms with Gasteiger partial charge in [0, 0.05) is 50.7 Å². The van der Waals surface area contributed by atoms with Crippen LogP contribution in [-0.4, -0.2) is 52.5 Å². The number of aromatic nitrogens is 4. The van der Waals surface area contributed by atoms with Crippen LogP contribution in [0.3, 0.4) is 0 Å². The van der Waals surface area contributed by atoms with E-state index in [0.29, 0.717) is 6.61 Å². The molecule has 0 aromatic carbocycles. The zero-order chi connectivity index (χ0) is 17.6. The predicted molar refractivity (Wildman–Crippen MR) is 97.9 cm³/mol. The Labute approximate surface area is 151 Å². The lowest BCUT2D eigenvalue weighted by atomic mass is 10.1. The minimum Gasteiger partial charge on any atom is -0.377 e. The smallest absolute Gasteiger partial charge is 0.191 e. The first-order chi connectivity index (χ1) is 12.2. The second-order valence-corrected chi connectivity index (χ2v) is 7.37. The van der Waals surface area contributed by atoms with E-state index < -0.39 is 0 Å². The minimum atomic E-state index is 0.290. The molecule has 0 fully saturated rings. The van der Waals surface area contributed by atoms with E-state index >= 15 is 0 Å². The third kappa shape index (κ3) is 4.76. The van der Waals surface area contributed by atoms with Gasteiger partial charge in [0.25, 0.3) is 0 Å². The van der Waals surface area contributed by atoms with Crippen molar-refractivity contribution in [1.29, 1.82) is 0 Å². The second kappa shape index (κ2) is 8.39. The van der Waals surface area contributed by atoms with Crippen molar-refractivity contribution in [2.24, 2.45) is 4.99 Å². The number of ether oxygens (including phenoxy) is 1. The maximum absolute atomic E-state index is 5.11. The van der Waals surface area contributed by atoms with Gasteiger partial charge in [-0.25, -0.2) is 14.6 Å². The lowest BCUT2D eigenvalue weighted by molar-refractivity contribution is 0.177. The molecule has 2 aromatic heterocycles. The SMILES string of the molecule is CN=C(NCCc1ncc(C)s1)NC1CCc2nc(COC)nn2C1. The van der Waals surface area contributed by atoms with E-state index in [4.69, 9.17) is 4.74 Å². The minimum absolute atomic E-state index is 0.290. The molecular weight excluding hydrogens is 338 g/mol. The van der Waals surface area contributed by atoms with Crippen molar-refractivity contribution in [2.75, 3.05) is 20.7 Å². The Kier molecular flexibility index (Phi) is 5.98. The van der Waals surface area contributed by atoms with Crippen molar-refractivity contribution in [2.45, 2.75) is 45.4 Å². The number of hydrogen-bond acceptors (Lipinski definition) is 6. The number of nitrogens with one attached hydrogen (secondary N) is 2. The van der Waals surface area contributed by atoms with Crippen molar-refractivity contribution in [3.63, 3.8) is 0 Å². The number of methoxy groups -OCH3 is 1. The molecule has 25 heavy (non-hydrogen) atoms. The molecular formula is C16H25N7OS. The Hall–Kier alpha value is -2.00. The summed E-state index contributed by atoms with van der Waals surface area (Å²) < 4.78 is 7.08. The monoisotopic (exact) mass is 363 g/mol. The van der Waals surface area contributed by atoms with Crippen LogP contribution in [-0.2, 0) is 30.7 Å². The summed E-state index contributed by atoms with van der Waals surface area (Å²) in [5.41, 5.74) is 0. The number of rotatable bonds is 6. The molecule has 1 aliphatic heterocycles. The topological polar surface area (TPSA) is 89.2 Å². The Morgan fingerprint density at radius 3 is 3.12 bits per heavy atom. The van der Waals surface area contributed by atoms with Crippen LogP contribution >= 0.6 is 11.3 Å². The molecule has 3 heterocycles. The molecule has 0 amide bonds. The molecule has 2 N–H and O–H groups in total. The quantitative estimate of drug-likeness (QED) is 0.586. The van der Waals surface area contributed by atoms with Crippen LogP contribution in [0, 0.1) is 6.92 Å². The van der Waals surface area contributed by atoms with Gasteiger partial charge in [-0.1, -0.05) is 0 Å². The van der Waals surface area contributed by atoms with Crippen LogP contribution in [0.4, 0.5) is 0 Å². The average Bonchev–Trinajstić information content (AvgIpc) is 3.19. The molecule has 1 aliphatic rings. The van der Waals surface area contributed by atoms with E-state index in [9.17, 15) is 0 Å². The third-order valence-corrected chi connectivity index (χ3v) is 5.01. The summed E-state index contributed by atoms with van der Waals surface area (Å²) >= 11 is 1.74. The van der Waals surface area contributed by atoms with Gasteiger partial charge >= 0.3 is 0 Å². The second-order valence-electron chi connectivity index (χ2n) is 6.05. The van der Waals surface area contributed by atoms with Gasteiger partial charge < -0.3 is 15.4 Å². The molecule has 0 aliphatic carbocycles. The van der Waals surface area contributed by atoms with Crippen molar-refractivity contribution in [3.8, 4) is 0 Å². The molecule has 2 aromatic rings. The van der Waals surface area contributed by atoms with Gasteiger partial charge in [-0.05, 0) is 13.3 Å². The Balaban J connectivity index is 1.48. The van der Waals surface area contributed by atoms with Gasteiger partial charge in [0.15, 0.2) is 11.8 Å². The summed E-state index contributed by atoms with van der Waals surface area (Å²) in [6.07, 6.45) is 4.74. The van der Waals surface area contributed by atoms with Crippen LogP contribution in [0.5, 0.6) is 0 Å². The number of fused-ring (bicyclic) bond motifs is 1. The number of hydrogen-bond donors (Lipinski definition) is 2. The van der Waals surface area contributed by atoms with E-state index in [0.717, 1.165) is 55.0 Å². The molecule has 3 rings (SSSR count). The fraction of sp³-hybridized carbons (Fsp3) is 0.625. The van der Waals surface area contributed by atoms with Crippen molar-refractivity contribution in [1.82, 2.24) is 30.4 Å². The average molecular weight is 363 g/mol. The molecule has 1 atom stereocenters. The molecule has 9 heteroatoms. The largest absolute Gasteiger partial charge is 0.377 e. The van der Waals surface area contributed by atoms with Crippen molar-refractivity contribution >= 4 is 17.3 Å². The van der Waals surface area contributed by atoms with E-state index in [2.05, 4.69) is 37.6 Å². The van der Waals surface area contributed by atoms with Crippen LogP contribution in [0.15, 0.2) is 11.2 Å². The Morgan fingerprint density at radius 1 is 1.52 bits per heavy atom. The van der Waals surface area contributed by atoms with Crippen LogP contribution in [0.1, 0.15) is 28.0 Å². The highest BCUT2D eigenvalue weighted by atomic mass is 32.1. The summed E-state index contributed by atoms with van der Waals surface area (Å²) in [4.78, 5) is 14.5. The fourth-order valence-corrected chi connectivity index (χ4v) is 3.65. The number of nitrogens with zero attached hydrogens (tertiary/aromatic N) is 5. The third-order valence-electron chi connectivity index (χ3n) is 4.04. The van der Waals surface area contributed by atoms with Crippen molar-refractivity contribution in [3.05, 3.63) is 27.7 Å². The molecule has 0 saturated heterocycles. The lowest BCUT2D eigenvalue weighted by Crippen LogP contribution is -2.47. The van der Waals surface area contributed by atoms with Gasteiger partial charge in [-0.2, -0.15) is 5.10 Å². The highest BCUT2D eigenvalue weighted by molar-refractivity contribution is 7.11. The molecule has 0 saturated carbocycles. The fourth-order valence-electron chi connectivity index (χ4n) is 2.86. The van der Waals surface area contributed by atoms with Gasteiger partial charge in [0.2, 0.25) is 0 Å². The molecule has 0 radical (unpaired) electrons. The van der Waals surface area contributed by atoms with Gasteiger partial charge in [-0.3, -0.25) is 4.99 Å². The number of guanidine groups is 1. The van der Waals surface area contributed by atoms with E-state index in [-0.39, 0.29) is 6.04 Å². The predicted octanol–water partition coefficient (Wildman–Crippen LogP) is 0.912. The maximum atomic E-state index is 5.11. The zero-order valence-electron chi connectivity index (χ0n) is 14.9. The summed E-state index contributed by atoms with van der Waals surface area (Å²) in [6.45, 7) is 4.14. The van der Waals surface area contributed by atoms with Gasteiger partial charge in [-0.15, -0.1) is 11.3 Å². The number of aryl methyl sites for hydroxylation is 2. The zero-order valence-corrected chi connectivity index (χ0v) is 15.8. The lowest BCUT2D eigenvalue weighted by Gasteiger charge is -2.25. The highest BCUT2D eigenvalue weighted by Crippen LogP contribution is 2.14. The van der Waals surface area contributed by atoms with Gasteiger partial charge in [0.1, 0.15) is 12.4 Å². The molecule has 0 bridgehead atoms. The first-order valence-corrected chi connectivity index (χ1v) is 9.29. The molecule has 0 spiro atoms. The summed E-state index contributed by atoms with van der Waals surface area (Å²) in [6, 6.07) is 0.290. The molecule has 136 valence electrons. The maximum Gasteiger partial charge on any atom is 0.191 e. The standard InChI is InChI=1S/C16H25N7OS/c1-11-8-19-15(25-11)6-7-18-16(17-2)20-12-4-5-14-21-13(10-24-3)22-23(14)9-12/h8,12H,4-7,9-10H2,1-3H3,(H2,17,18,20). The summed E-state index contributed by atoms with van der Waals surface area (Å²) in [5, 5.41) is 12.5. The molecule has 1 unspecified atom stereocenters. The normalized spacial score (nSPS) is 17.4. The Morgan fingerprint density at radius 2 is 2.40 bits per heavy atom. The number of aliphatic imine (C=N–C) groups is 1. The first kappa shape index (κ1) is 17.8. The van der Waals surface area contributed by atoms with E-state index in [1.54, 1.807) is 25.5 Å². The Bertz CT molecular complexity index is 724. The van der Waals surface area contributed by atoms with Crippen LogP contribution < -0.4 is 10.6 Å². The molecule has 8 nitrogen and oxygen atoms in total. The van der Waals surface area contributed by atoms with E-state index in [1.165, 1.54) is 4.88 Å². The van der Waals surface area contributed by atoms with Crippen LogP contribution in [0.2, 0.25) is 0 Å².